The Morgan fingerprint density at radius 2 is 2.20 bits per heavy atom. The Bertz CT molecular complexity index is 582. The highest BCUT2D eigenvalue weighted by atomic mass is 79.9. The molecule has 0 bridgehead atoms. The minimum atomic E-state index is 0.373. The van der Waals surface area contributed by atoms with Crippen LogP contribution in [0.3, 0.4) is 0 Å². The lowest BCUT2D eigenvalue weighted by Crippen LogP contribution is -2.11. The highest BCUT2D eigenvalue weighted by molar-refractivity contribution is 9.10. The van der Waals surface area contributed by atoms with Gasteiger partial charge >= 0.3 is 0 Å². The number of nitrogen functional groups attached to an aromatic ring is 1. The van der Waals surface area contributed by atoms with Crippen LogP contribution in [-0.4, -0.2) is 16.6 Å². The molecule has 5 nitrogen and oxygen atoms in total. The summed E-state index contributed by atoms with van der Waals surface area (Å²) < 4.78 is 6.36. The van der Waals surface area contributed by atoms with Gasteiger partial charge in [0.15, 0.2) is 5.82 Å². The Morgan fingerprint density at radius 1 is 1.35 bits per heavy atom. The number of hydrogen-bond donors (Lipinski definition) is 2. The number of hydrazine groups is 1. The topological polar surface area (TPSA) is 73.1 Å². The SMILES string of the molecule is CCOCc1nc(NN)cc(Sc2cccc(Br)c2)n1. The van der Waals surface area contributed by atoms with Crippen molar-refractivity contribution in [3.05, 3.63) is 40.6 Å². The number of nitrogens with one attached hydrogen (secondary N) is 1. The van der Waals surface area contributed by atoms with Crippen molar-refractivity contribution >= 4 is 33.5 Å². The number of benzene rings is 1. The van der Waals surface area contributed by atoms with Crippen LogP contribution >= 0.6 is 27.7 Å². The van der Waals surface area contributed by atoms with Crippen LogP contribution in [0.15, 0.2) is 44.7 Å². The van der Waals surface area contributed by atoms with Gasteiger partial charge in [0.25, 0.3) is 0 Å². The fourth-order valence-corrected chi connectivity index (χ4v) is 2.95. The van der Waals surface area contributed by atoms with E-state index >= 15 is 0 Å². The maximum absolute atomic E-state index is 5.44. The summed E-state index contributed by atoms with van der Waals surface area (Å²) >= 11 is 5.00. The molecule has 3 N–H and O–H groups in total. The van der Waals surface area contributed by atoms with Gasteiger partial charge in [0, 0.05) is 22.0 Å². The second-order valence-electron chi connectivity index (χ2n) is 3.85. The zero-order valence-electron chi connectivity index (χ0n) is 11.0. The Kier molecular flexibility index (Phi) is 5.78. The zero-order valence-corrected chi connectivity index (χ0v) is 13.4. The first kappa shape index (κ1) is 15.2. The third-order valence-electron chi connectivity index (χ3n) is 2.35. The van der Waals surface area contributed by atoms with E-state index in [-0.39, 0.29) is 0 Å². The number of anilines is 1. The van der Waals surface area contributed by atoms with Crippen molar-refractivity contribution in [2.24, 2.45) is 5.84 Å². The van der Waals surface area contributed by atoms with E-state index in [9.17, 15) is 0 Å². The molecule has 0 fully saturated rings. The third-order valence-corrected chi connectivity index (χ3v) is 3.75. The molecule has 7 heteroatoms. The molecule has 0 atom stereocenters. The van der Waals surface area contributed by atoms with Crippen molar-refractivity contribution in [3.63, 3.8) is 0 Å². The van der Waals surface area contributed by atoms with Gasteiger partial charge in [0.1, 0.15) is 17.5 Å². The van der Waals surface area contributed by atoms with E-state index in [0.29, 0.717) is 24.9 Å². The number of nitrogens with zero attached hydrogens (tertiary/aromatic N) is 2. The van der Waals surface area contributed by atoms with E-state index in [4.69, 9.17) is 10.6 Å². The molecule has 0 aliphatic heterocycles. The quantitative estimate of drug-likeness (QED) is 0.471. The summed E-state index contributed by atoms with van der Waals surface area (Å²) in [5.74, 6) is 6.62. The molecule has 0 amide bonds. The van der Waals surface area contributed by atoms with Gasteiger partial charge in [-0.25, -0.2) is 15.8 Å². The highest BCUT2D eigenvalue weighted by Gasteiger charge is 2.06. The molecule has 0 unspecified atom stereocenters. The van der Waals surface area contributed by atoms with Gasteiger partial charge in [-0.05, 0) is 25.1 Å². The number of halogens is 1. The average Bonchev–Trinajstić information content (AvgIpc) is 2.45. The number of rotatable bonds is 6. The molecule has 0 aliphatic rings. The summed E-state index contributed by atoms with van der Waals surface area (Å²) in [4.78, 5) is 9.80. The molecular formula is C13H15BrN4OS. The predicted octanol–water partition coefficient (Wildman–Crippen LogP) is 3.21. The van der Waals surface area contributed by atoms with E-state index < -0.39 is 0 Å². The second-order valence-corrected chi connectivity index (χ2v) is 5.86. The van der Waals surface area contributed by atoms with E-state index in [1.54, 1.807) is 17.8 Å². The van der Waals surface area contributed by atoms with Crippen molar-refractivity contribution in [2.45, 2.75) is 23.5 Å². The largest absolute Gasteiger partial charge is 0.374 e. The van der Waals surface area contributed by atoms with Crippen LogP contribution in [0, 0.1) is 0 Å². The molecular weight excluding hydrogens is 340 g/mol. The van der Waals surface area contributed by atoms with Gasteiger partial charge in [0.2, 0.25) is 0 Å². The molecule has 1 heterocycles. The van der Waals surface area contributed by atoms with Gasteiger partial charge in [-0.1, -0.05) is 33.8 Å². The van der Waals surface area contributed by atoms with Gasteiger partial charge < -0.3 is 10.2 Å². The summed E-state index contributed by atoms with van der Waals surface area (Å²) in [5, 5.41) is 0.820. The molecule has 2 aromatic rings. The lowest BCUT2D eigenvalue weighted by molar-refractivity contribution is 0.128. The van der Waals surface area contributed by atoms with Crippen molar-refractivity contribution in [2.75, 3.05) is 12.0 Å². The van der Waals surface area contributed by atoms with Crippen LogP contribution in [0.25, 0.3) is 0 Å². The molecule has 0 saturated carbocycles. The van der Waals surface area contributed by atoms with Crippen LogP contribution in [0.1, 0.15) is 12.7 Å². The summed E-state index contributed by atoms with van der Waals surface area (Å²) in [5.41, 5.74) is 2.55. The second kappa shape index (κ2) is 7.58. The van der Waals surface area contributed by atoms with Crippen molar-refractivity contribution in [1.82, 2.24) is 9.97 Å². The number of aromatic nitrogens is 2. The van der Waals surface area contributed by atoms with E-state index in [0.717, 1.165) is 14.4 Å². The van der Waals surface area contributed by atoms with Gasteiger partial charge in [0.05, 0.1) is 0 Å². The van der Waals surface area contributed by atoms with Crippen molar-refractivity contribution in [1.29, 1.82) is 0 Å². The molecule has 1 aromatic heterocycles. The first-order valence-corrected chi connectivity index (χ1v) is 7.68. The lowest BCUT2D eigenvalue weighted by Gasteiger charge is -2.07. The molecule has 0 aliphatic carbocycles. The van der Waals surface area contributed by atoms with Gasteiger partial charge in [-0.2, -0.15) is 0 Å². The van der Waals surface area contributed by atoms with Crippen molar-refractivity contribution in [3.8, 4) is 0 Å². The summed E-state index contributed by atoms with van der Waals surface area (Å²) in [6, 6.07) is 9.83. The Balaban J connectivity index is 2.21. The molecule has 0 radical (unpaired) electrons. The van der Waals surface area contributed by atoms with E-state index in [1.165, 1.54) is 0 Å². The maximum atomic E-state index is 5.44. The number of nitrogens with two attached hydrogens (primary N) is 1. The van der Waals surface area contributed by atoms with Crippen LogP contribution in [0.2, 0.25) is 0 Å². The fraction of sp³-hybridized carbons (Fsp3) is 0.231. The zero-order chi connectivity index (χ0) is 14.4. The van der Waals surface area contributed by atoms with Crippen LogP contribution in [0.5, 0.6) is 0 Å². The van der Waals surface area contributed by atoms with Gasteiger partial charge in [-0.3, -0.25) is 0 Å². The van der Waals surface area contributed by atoms with Gasteiger partial charge in [-0.15, -0.1) is 0 Å². The Labute approximate surface area is 130 Å². The molecule has 2 rings (SSSR count). The van der Waals surface area contributed by atoms with Crippen LogP contribution in [0.4, 0.5) is 5.82 Å². The Hall–Kier alpha value is -1.15. The minimum Gasteiger partial charge on any atom is -0.374 e. The monoisotopic (exact) mass is 354 g/mol. The lowest BCUT2D eigenvalue weighted by atomic mass is 10.4. The van der Waals surface area contributed by atoms with E-state index in [1.807, 2.05) is 31.2 Å². The normalized spacial score (nSPS) is 10.6. The first-order chi connectivity index (χ1) is 9.71. The maximum Gasteiger partial charge on any atom is 0.157 e. The van der Waals surface area contributed by atoms with Crippen LogP contribution < -0.4 is 11.3 Å². The van der Waals surface area contributed by atoms with Crippen LogP contribution in [-0.2, 0) is 11.3 Å². The molecule has 1 aromatic carbocycles. The summed E-state index contributed by atoms with van der Waals surface area (Å²) in [7, 11) is 0. The third kappa shape index (κ3) is 4.45. The summed E-state index contributed by atoms with van der Waals surface area (Å²) in [6.07, 6.45) is 0. The molecule has 20 heavy (non-hydrogen) atoms. The van der Waals surface area contributed by atoms with Crippen molar-refractivity contribution < 1.29 is 4.74 Å². The minimum absolute atomic E-state index is 0.373. The summed E-state index contributed by atoms with van der Waals surface area (Å²) in [6.45, 7) is 2.93. The molecule has 106 valence electrons. The number of ether oxygens (including phenoxy) is 1. The average molecular weight is 355 g/mol. The molecule has 0 saturated heterocycles. The predicted molar refractivity (Wildman–Crippen MR) is 83.4 cm³/mol. The first-order valence-electron chi connectivity index (χ1n) is 6.07. The standard InChI is InChI=1S/C13H15BrN4OS/c1-2-19-8-12-16-11(18-15)7-13(17-12)20-10-5-3-4-9(14)6-10/h3-7H,2,8,15H2,1H3,(H,16,17,18). The number of hydrogen-bond acceptors (Lipinski definition) is 6. The molecule has 0 spiro atoms. The Morgan fingerprint density at radius 3 is 2.90 bits per heavy atom. The van der Waals surface area contributed by atoms with E-state index in [2.05, 4.69) is 31.3 Å². The highest BCUT2D eigenvalue weighted by Crippen LogP contribution is 2.29. The fourth-order valence-electron chi connectivity index (χ4n) is 1.51. The smallest absolute Gasteiger partial charge is 0.157 e.